The lowest BCUT2D eigenvalue weighted by Crippen LogP contribution is -2.26. The maximum absolute atomic E-state index is 2.48. The van der Waals surface area contributed by atoms with E-state index in [-0.39, 0.29) is 0 Å². The molecule has 0 saturated heterocycles. The van der Waals surface area contributed by atoms with Crippen LogP contribution in [0.1, 0.15) is 22.3 Å². The van der Waals surface area contributed by atoms with Crippen molar-refractivity contribution in [3.63, 3.8) is 0 Å². The van der Waals surface area contributed by atoms with Gasteiger partial charge in [-0.05, 0) is 139 Å². The molecule has 59 heavy (non-hydrogen) atoms. The van der Waals surface area contributed by atoms with Crippen molar-refractivity contribution in [2.24, 2.45) is 0 Å². The summed E-state index contributed by atoms with van der Waals surface area (Å²) in [6.45, 7) is 0. The fourth-order valence-corrected chi connectivity index (χ4v) is 11.0. The van der Waals surface area contributed by atoms with E-state index in [1.165, 1.54) is 121 Å². The molecule has 0 aliphatic heterocycles. The molecular weight excluding hydrogens is 709 g/mol. The average Bonchev–Trinajstić information content (AvgIpc) is 3.77. The second-order valence-electron chi connectivity index (χ2n) is 16.3. The average molecular weight is 745 g/mol. The molecule has 0 atom stereocenters. The summed E-state index contributed by atoms with van der Waals surface area (Å²) in [6, 6.07) is 81.8. The summed E-state index contributed by atoms with van der Waals surface area (Å²) in [5, 5.41) is 10.2. The molecule has 0 heterocycles. The molecule has 0 heteroatoms. The van der Waals surface area contributed by atoms with Crippen molar-refractivity contribution in [2.45, 2.75) is 5.41 Å². The molecule has 0 N–H and O–H groups in total. The lowest BCUT2D eigenvalue weighted by atomic mass is 9.69. The first-order valence-corrected chi connectivity index (χ1v) is 20.7. The summed E-state index contributed by atoms with van der Waals surface area (Å²) in [5.74, 6) is 0. The van der Waals surface area contributed by atoms with Crippen LogP contribution < -0.4 is 0 Å². The van der Waals surface area contributed by atoms with Crippen LogP contribution in [0.2, 0.25) is 0 Å². The zero-order valence-corrected chi connectivity index (χ0v) is 32.3. The van der Waals surface area contributed by atoms with Crippen molar-refractivity contribution >= 4 is 43.1 Å². The standard InChI is InChI=1S/C59H36/c1-2-14-37(15-3-1)38-26-28-39(29-27-38)56-47-20-6-8-22-49(47)57(50-23-9-7-21-48(50)56)43-31-32-44-42(34-43)30-33-51-52-35-40-16-4-5-17-41(40)36-55(52)59(58(44)51)53-24-12-10-18-45(53)46-19-11-13-25-54(46)59/h1-36H. The van der Waals surface area contributed by atoms with E-state index in [4.69, 9.17) is 0 Å². The number of benzene rings is 11. The molecule has 13 rings (SSSR count). The van der Waals surface area contributed by atoms with Gasteiger partial charge in [0.05, 0.1) is 5.41 Å². The highest BCUT2D eigenvalue weighted by Crippen LogP contribution is 2.64. The number of hydrogen-bond donors (Lipinski definition) is 0. The molecule has 0 amide bonds. The highest BCUT2D eigenvalue weighted by Gasteiger charge is 2.52. The van der Waals surface area contributed by atoms with Crippen LogP contribution in [-0.2, 0) is 5.41 Å². The molecule has 0 saturated carbocycles. The SMILES string of the molecule is c1ccc(-c2ccc(-c3c4ccccc4c(-c4ccc5c6c(ccc5c4)-c4cc5ccccc5cc4C64c5ccccc5-c5ccccc54)c4ccccc34)cc2)cc1. The van der Waals surface area contributed by atoms with Crippen molar-refractivity contribution in [3.05, 3.63) is 241 Å². The topological polar surface area (TPSA) is 0 Å². The van der Waals surface area contributed by atoms with Crippen molar-refractivity contribution < 1.29 is 0 Å². The quantitative estimate of drug-likeness (QED) is 0.158. The molecule has 1 spiro atoms. The van der Waals surface area contributed by atoms with Gasteiger partial charge in [0.25, 0.3) is 0 Å². The number of fused-ring (bicyclic) bond motifs is 15. The zero-order chi connectivity index (χ0) is 38.7. The Labute approximate surface area is 343 Å². The van der Waals surface area contributed by atoms with Gasteiger partial charge < -0.3 is 0 Å². The Bertz CT molecular complexity index is 3430. The van der Waals surface area contributed by atoms with Crippen LogP contribution in [0, 0.1) is 0 Å². The lowest BCUT2D eigenvalue weighted by molar-refractivity contribution is 0.802. The third-order valence-electron chi connectivity index (χ3n) is 13.4. The van der Waals surface area contributed by atoms with Crippen LogP contribution in [0.15, 0.2) is 218 Å². The Morgan fingerprint density at radius 3 is 1.37 bits per heavy atom. The second-order valence-corrected chi connectivity index (χ2v) is 16.3. The van der Waals surface area contributed by atoms with Crippen LogP contribution in [-0.4, -0.2) is 0 Å². The minimum absolute atomic E-state index is 0.431. The molecule has 11 aromatic rings. The highest BCUT2D eigenvalue weighted by atomic mass is 14.5. The highest BCUT2D eigenvalue weighted by molar-refractivity contribution is 6.22. The molecule has 2 aliphatic carbocycles. The Hall–Kier alpha value is -7.54. The van der Waals surface area contributed by atoms with E-state index in [2.05, 4.69) is 218 Å². The van der Waals surface area contributed by atoms with Gasteiger partial charge in [0.15, 0.2) is 0 Å². The second kappa shape index (κ2) is 12.2. The van der Waals surface area contributed by atoms with E-state index in [1.807, 2.05) is 0 Å². The molecule has 0 nitrogen and oxygen atoms in total. The summed E-state index contributed by atoms with van der Waals surface area (Å²) < 4.78 is 0. The van der Waals surface area contributed by atoms with Crippen molar-refractivity contribution in [1.29, 1.82) is 0 Å². The van der Waals surface area contributed by atoms with Crippen LogP contribution in [0.5, 0.6) is 0 Å². The Balaban J connectivity index is 1.06. The van der Waals surface area contributed by atoms with E-state index >= 15 is 0 Å². The first-order chi connectivity index (χ1) is 29.3. The largest absolute Gasteiger partial charge is 0.0731 e. The van der Waals surface area contributed by atoms with Crippen LogP contribution >= 0.6 is 0 Å². The Kier molecular flexibility index (Phi) is 6.74. The molecule has 0 radical (unpaired) electrons. The summed E-state index contributed by atoms with van der Waals surface area (Å²) >= 11 is 0. The minimum Gasteiger partial charge on any atom is -0.0622 e. The van der Waals surface area contributed by atoms with E-state index in [0.717, 1.165) is 0 Å². The summed E-state index contributed by atoms with van der Waals surface area (Å²) in [5.41, 5.74) is 17.9. The summed E-state index contributed by atoms with van der Waals surface area (Å²) in [7, 11) is 0. The van der Waals surface area contributed by atoms with Gasteiger partial charge in [-0.15, -0.1) is 0 Å². The van der Waals surface area contributed by atoms with Gasteiger partial charge in [-0.3, -0.25) is 0 Å². The van der Waals surface area contributed by atoms with E-state index in [9.17, 15) is 0 Å². The molecule has 272 valence electrons. The molecule has 0 aromatic heterocycles. The molecule has 2 aliphatic rings. The predicted molar refractivity (Wildman–Crippen MR) is 249 cm³/mol. The van der Waals surface area contributed by atoms with Crippen LogP contribution in [0.3, 0.4) is 0 Å². The normalized spacial score (nSPS) is 13.2. The van der Waals surface area contributed by atoms with Crippen molar-refractivity contribution in [2.75, 3.05) is 0 Å². The fourth-order valence-electron chi connectivity index (χ4n) is 11.0. The lowest BCUT2D eigenvalue weighted by Gasteiger charge is -2.31. The first kappa shape index (κ1) is 32.5. The Morgan fingerprint density at radius 2 is 0.729 bits per heavy atom. The third-order valence-corrected chi connectivity index (χ3v) is 13.4. The van der Waals surface area contributed by atoms with Gasteiger partial charge in [-0.25, -0.2) is 0 Å². The fraction of sp³-hybridized carbons (Fsp3) is 0.0169. The Morgan fingerprint density at radius 1 is 0.237 bits per heavy atom. The molecule has 0 bridgehead atoms. The smallest absolute Gasteiger partial charge is 0.0622 e. The van der Waals surface area contributed by atoms with E-state index < -0.39 is 5.41 Å². The van der Waals surface area contributed by atoms with Gasteiger partial charge in [0, 0.05) is 0 Å². The summed E-state index contributed by atoms with van der Waals surface area (Å²) in [4.78, 5) is 0. The monoisotopic (exact) mass is 744 g/mol. The first-order valence-electron chi connectivity index (χ1n) is 20.7. The molecule has 11 aromatic carbocycles. The van der Waals surface area contributed by atoms with Crippen molar-refractivity contribution in [1.82, 2.24) is 0 Å². The minimum atomic E-state index is -0.431. The van der Waals surface area contributed by atoms with Gasteiger partial charge in [-0.1, -0.05) is 200 Å². The predicted octanol–water partition coefficient (Wildman–Crippen LogP) is 15.6. The van der Waals surface area contributed by atoms with Crippen LogP contribution in [0.25, 0.3) is 98.7 Å². The molecule has 0 fully saturated rings. The van der Waals surface area contributed by atoms with Crippen molar-refractivity contribution in [3.8, 4) is 55.6 Å². The number of hydrogen-bond acceptors (Lipinski definition) is 0. The van der Waals surface area contributed by atoms with Gasteiger partial charge in [0.1, 0.15) is 0 Å². The van der Waals surface area contributed by atoms with Gasteiger partial charge in [0.2, 0.25) is 0 Å². The zero-order valence-electron chi connectivity index (χ0n) is 32.3. The molecule has 0 unspecified atom stereocenters. The van der Waals surface area contributed by atoms with E-state index in [0.29, 0.717) is 0 Å². The molecular formula is C59H36. The maximum atomic E-state index is 2.48. The van der Waals surface area contributed by atoms with Gasteiger partial charge in [-0.2, -0.15) is 0 Å². The third kappa shape index (κ3) is 4.43. The van der Waals surface area contributed by atoms with E-state index in [1.54, 1.807) is 0 Å². The summed E-state index contributed by atoms with van der Waals surface area (Å²) in [6.07, 6.45) is 0. The van der Waals surface area contributed by atoms with Crippen LogP contribution in [0.4, 0.5) is 0 Å². The number of rotatable bonds is 3. The van der Waals surface area contributed by atoms with Gasteiger partial charge >= 0.3 is 0 Å². The maximum Gasteiger partial charge on any atom is 0.0731 e.